The van der Waals surface area contributed by atoms with E-state index in [1.807, 2.05) is 6.07 Å². The third kappa shape index (κ3) is 5.18. The van der Waals surface area contributed by atoms with Crippen LogP contribution in [0.2, 0.25) is 0 Å². The summed E-state index contributed by atoms with van der Waals surface area (Å²) in [5.74, 6) is 0.419. The molecule has 0 saturated carbocycles. The van der Waals surface area contributed by atoms with Gasteiger partial charge in [-0.1, -0.05) is 42.8 Å². The number of benzene rings is 1. The highest BCUT2D eigenvalue weighted by Gasteiger charge is 2.15. The Morgan fingerprint density at radius 3 is 2.78 bits per heavy atom. The monoisotopic (exact) mass is 330 g/mol. The van der Waals surface area contributed by atoms with E-state index in [1.165, 1.54) is 56.1 Å². The number of thioether (sulfide) groups is 1. The average Bonchev–Trinajstić information content (AvgIpc) is 2.80. The number of carbonyl (C=O) groups excluding carboxylic acids is 1. The molecule has 2 saturated heterocycles. The molecule has 23 heavy (non-hydrogen) atoms. The second kappa shape index (κ2) is 8.26. The van der Waals surface area contributed by atoms with Crippen molar-refractivity contribution in [2.45, 2.75) is 32.2 Å². The number of hydrogen-bond donors (Lipinski definition) is 1. The van der Waals surface area contributed by atoms with Crippen LogP contribution >= 0.6 is 11.8 Å². The first-order valence-corrected chi connectivity index (χ1v) is 9.13. The number of nitrogens with zero attached hydrogens (tertiary/aromatic N) is 3. The largest absolute Gasteiger partial charge is 0.303 e. The number of likely N-dealkylation sites (tertiary alicyclic amines) is 1. The number of rotatable bonds is 4. The number of nitrogens with one attached hydrogen (secondary N) is 1. The topological polar surface area (TPSA) is 57.1 Å². The highest BCUT2D eigenvalue weighted by Crippen LogP contribution is 2.14. The van der Waals surface area contributed by atoms with E-state index in [-0.39, 0.29) is 5.91 Å². The van der Waals surface area contributed by atoms with Crippen molar-refractivity contribution >= 4 is 29.1 Å². The van der Waals surface area contributed by atoms with Gasteiger partial charge < -0.3 is 5.32 Å². The van der Waals surface area contributed by atoms with Crippen molar-refractivity contribution in [1.29, 1.82) is 0 Å². The van der Waals surface area contributed by atoms with Gasteiger partial charge in [0, 0.05) is 6.54 Å². The number of amides is 1. The van der Waals surface area contributed by atoms with Crippen LogP contribution in [-0.2, 0) is 11.3 Å². The molecular weight excluding hydrogens is 308 g/mol. The summed E-state index contributed by atoms with van der Waals surface area (Å²) in [4.78, 5) is 13.6. The molecule has 6 heteroatoms. The minimum absolute atomic E-state index is 0.0107. The second-order valence-corrected chi connectivity index (χ2v) is 6.89. The molecule has 2 aliphatic heterocycles. The molecule has 0 aliphatic carbocycles. The Bertz CT molecular complexity index is 606. The molecular formula is C17H22N4OS. The Kier molecular flexibility index (Phi) is 5.82. The van der Waals surface area contributed by atoms with Crippen molar-refractivity contribution < 1.29 is 4.79 Å². The van der Waals surface area contributed by atoms with Crippen LogP contribution in [-0.4, -0.2) is 41.0 Å². The molecule has 2 aliphatic rings. The molecule has 0 spiro atoms. The lowest BCUT2D eigenvalue weighted by molar-refractivity contribution is -0.116. The van der Waals surface area contributed by atoms with Crippen LogP contribution < -0.4 is 5.32 Å². The van der Waals surface area contributed by atoms with E-state index in [0.717, 1.165) is 12.1 Å². The highest BCUT2D eigenvalue weighted by molar-refractivity contribution is 8.15. The van der Waals surface area contributed by atoms with Crippen LogP contribution in [0.15, 0.2) is 34.5 Å². The summed E-state index contributed by atoms with van der Waals surface area (Å²) in [5, 5.41) is 11.3. The van der Waals surface area contributed by atoms with Gasteiger partial charge in [-0.2, -0.15) is 5.10 Å². The maximum absolute atomic E-state index is 11.1. The van der Waals surface area contributed by atoms with Crippen LogP contribution in [0, 0.1) is 0 Å². The Morgan fingerprint density at radius 1 is 1.22 bits per heavy atom. The zero-order valence-corrected chi connectivity index (χ0v) is 14.0. The van der Waals surface area contributed by atoms with Crippen LogP contribution in [0.1, 0.15) is 36.8 Å². The van der Waals surface area contributed by atoms with E-state index in [9.17, 15) is 4.79 Å². The molecule has 3 rings (SSSR count). The highest BCUT2D eigenvalue weighted by atomic mass is 32.2. The summed E-state index contributed by atoms with van der Waals surface area (Å²) in [7, 11) is 0. The fourth-order valence-corrected chi connectivity index (χ4v) is 3.48. The summed E-state index contributed by atoms with van der Waals surface area (Å²) < 4.78 is 0. The maximum atomic E-state index is 11.1. The van der Waals surface area contributed by atoms with Crippen molar-refractivity contribution in [2.24, 2.45) is 10.2 Å². The van der Waals surface area contributed by atoms with Gasteiger partial charge >= 0.3 is 0 Å². The van der Waals surface area contributed by atoms with Gasteiger partial charge in [-0.05, 0) is 43.1 Å². The van der Waals surface area contributed by atoms with E-state index in [4.69, 9.17) is 0 Å². The number of amidine groups is 1. The quantitative estimate of drug-likeness (QED) is 0.682. The molecule has 1 N–H and O–H groups in total. The fourth-order valence-electron chi connectivity index (χ4n) is 2.85. The van der Waals surface area contributed by atoms with Gasteiger partial charge in [0.2, 0.25) is 5.91 Å². The van der Waals surface area contributed by atoms with Gasteiger partial charge in [0.05, 0.1) is 12.0 Å². The average molecular weight is 330 g/mol. The predicted molar refractivity (Wildman–Crippen MR) is 95.8 cm³/mol. The van der Waals surface area contributed by atoms with Crippen LogP contribution in [0.25, 0.3) is 0 Å². The van der Waals surface area contributed by atoms with Crippen molar-refractivity contribution in [3.05, 3.63) is 35.4 Å². The third-order valence-corrected chi connectivity index (χ3v) is 4.86. The van der Waals surface area contributed by atoms with Crippen LogP contribution in [0.5, 0.6) is 0 Å². The molecule has 1 aromatic rings. The first-order chi connectivity index (χ1) is 11.3. The van der Waals surface area contributed by atoms with E-state index in [1.54, 1.807) is 6.21 Å². The van der Waals surface area contributed by atoms with Crippen molar-refractivity contribution in [3.8, 4) is 0 Å². The van der Waals surface area contributed by atoms with E-state index >= 15 is 0 Å². The molecule has 122 valence electrons. The van der Waals surface area contributed by atoms with Crippen LogP contribution in [0.4, 0.5) is 0 Å². The minimum atomic E-state index is -0.0107. The molecule has 0 unspecified atom stereocenters. The Balaban J connectivity index is 1.59. The summed E-state index contributed by atoms with van der Waals surface area (Å²) in [6, 6.07) is 8.42. The van der Waals surface area contributed by atoms with Gasteiger partial charge in [0.25, 0.3) is 0 Å². The molecule has 0 aromatic heterocycles. The van der Waals surface area contributed by atoms with Gasteiger partial charge in [0.15, 0.2) is 5.17 Å². The summed E-state index contributed by atoms with van der Waals surface area (Å²) >= 11 is 1.38. The molecule has 0 bridgehead atoms. The molecule has 0 radical (unpaired) electrons. The smallest absolute Gasteiger partial charge is 0.236 e. The summed E-state index contributed by atoms with van der Waals surface area (Å²) in [5.41, 5.74) is 2.35. The minimum Gasteiger partial charge on any atom is -0.303 e. The van der Waals surface area contributed by atoms with E-state index in [0.29, 0.717) is 10.9 Å². The molecule has 1 amide bonds. The molecule has 2 heterocycles. The van der Waals surface area contributed by atoms with Crippen molar-refractivity contribution in [1.82, 2.24) is 10.2 Å². The third-order valence-electron chi connectivity index (χ3n) is 4.00. The normalized spacial score (nSPS) is 21.7. The van der Waals surface area contributed by atoms with Gasteiger partial charge in [-0.3, -0.25) is 9.69 Å². The second-order valence-electron chi connectivity index (χ2n) is 5.92. The van der Waals surface area contributed by atoms with E-state index < -0.39 is 0 Å². The molecule has 2 fully saturated rings. The van der Waals surface area contributed by atoms with Crippen LogP contribution in [0.3, 0.4) is 0 Å². The van der Waals surface area contributed by atoms with Gasteiger partial charge in [-0.15, -0.1) is 5.10 Å². The lowest BCUT2D eigenvalue weighted by Crippen LogP contribution is -2.23. The van der Waals surface area contributed by atoms with Crippen molar-refractivity contribution in [3.63, 3.8) is 0 Å². The molecule has 0 atom stereocenters. The van der Waals surface area contributed by atoms with Gasteiger partial charge in [0.1, 0.15) is 0 Å². The van der Waals surface area contributed by atoms with E-state index in [2.05, 4.69) is 38.6 Å². The zero-order valence-electron chi connectivity index (χ0n) is 13.2. The fraction of sp³-hybridized carbons (Fsp3) is 0.471. The SMILES string of the molecule is O=C1CSC(=NN=Cc2cccc(CN3CCCCCC3)c2)N1. The summed E-state index contributed by atoms with van der Waals surface area (Å²) in [6.45, 7) is 3.40. The Labute approximate surface area is 141 Å². The zero-order chi connectivity index (χ0) is 15.9. The van der Waals surface area contributed by atoms with Gasteiger partial charge in [-0.25, -0.2) is 0 Å². The Hall–Kier alpha value is -1.66. The standard InChI is InChI=1S/C17H22N4OS/c22-16-13-23-17(19-16)20-18-11-14-6-5-7-15(10-14)12-21-8-3-1-2-4-9-21/h5-7,10-11H,1-4,8-9,12-13H2,(H,19,20,22). The predicted octanol–water partition coefficient (Wildman–Crippen LogP) is 2.62. The first kappa shape index (κ1) is 16.2. The first-order valence-electron chi connectivity index (χ1n) is 8.14. The summed E-state index contributed by atoms with van der Waals surface area (Å²) in [6.07, 6.45) is 7.07. The van der Waals surface area contributed by atoms with Crippen molar-refractivity contribution in [2.75, 3.05) is 18.8 Å². The number of hydrogen-bond acceptors (Lipinski definition) is 5. The lowest BCUT2D eigenvalue weighted by Gasteiger charge is -2.19. The maximum Gasteiger partial charge on any atom is 0.236 e. The molecule has 1 aromatic carbocycles. The number of carbonyl (C=O) groups is 1. The molecule has 5 nitrogen and oxygen atoms in total. The Morgan fingerprint density at radius 2 is 2.04 bits per heavy atom. The lowest BCUT2D eigenvalue weighted by atomic mass is 10.1.